The summed E-state index contributed by atoms with van der Waals surface area (Å²) >= 11 is 0. The molecule has 1 unspecified atom stereocenters. The Labute approximate surface area is 117 Å². The normalized spacial score (nSPS) is 12.2. The van der Waals surface area contributed by atoms with Crippen molar-refractivity contribution < 1.29 is 13.5 Å². The van der Waals surface area contributed by atoms with Crippen LogP contribution in [0.5, 0.6) is 0 Å². The first-order valence-corrected chi connectivity index (χ1v) is 6.38. The van der Waals surface area contributed by atoms with Gasteiger partial charge in [-0.1, -0.05) is 30.3 Å². The van der Waals surface area contributed by atoms with Gasteiger partial charge < -0.3 is 10.1 Å². The second-order valence-electron chi connectivity index (χ2n) is 4.64. The number of benzene rings is 2. The highest BCUT2D eigenvalue weighted by Crippen LogP contribution is 2.24. The van der Waals surface area contributed by atoms with Gasteiger partial charge in [0.25, 0.3) is 0 Å². The van der Waals surface area contributed by atoms with E-state index < -0.39 is 11.6 Å². The molecule has 0 saturated carbocycles. The summed E-state index contributed by atoms with van der Waals surface area (Å²) < 4.78 is 32.6. The van der Waals surface area contributed by atoms with Crippen LogP contribution in [0.15, 0.2) is 42.5 Å². The van der Waals surface area contributed by atoms with E-state index in [4.69, 9.17) is 4.74 Å². The fourth-order valence-electron chi connectivity index (χ4n) is 2.02. The van der Waals surface area contributed by atoms with Crippen LogP contribution in [0.4, 0.5) is 14.5 Å². The number of halogens is 2. The molecule has 0 aliphatic rings. The maximum atomic E-state index is 13.9. The molecule has 0 bridgehead atoms. The zero-order valence-corrected chi connectivity index (χ0v) is 11.5. The lowest BCUT2D eigenvalue weighted by Gasteiger charge is -2.20. The van der Waals surface area contributed by atoms with E-state index in [1.54, 1.807) is 7.11 Å². The van der Waals surface area contributed by atoms with Crippen LogP contribution in [0.1, 0.15) is 17.2 Å². The summed E-state index contributed by atoms with van der Waals surface area (Å²) in [6.45, 7) is 1.89. The predicted molar refractivity (Wildman–Crippen MR) is 75.8 cm³/mol. The van der Waals surface area contributed by atoms with Gasteiger partial charge in [0, 0.05) is 13.2 Å². The molecule has 2 nitrogen and oxygen atoms in total. The summed E-state index contributed by atoms with van der Waals surface area (Å²) in [5.41, 5.74) is 1.38. The van der Waals surface area contributed by atoms with Crippen LogP contribution in [-0.4, -0.2) is 13.7 Å². The van der Waals surface area contributed by atoms with E-state index in [2.05, 4.69) is 5.32 Å². The molecule has 0 radical (unpaired) electrons. The van der Waals surface area contributed by atoms with E-state index in [0.29, 0.717) is 6.61 Å². The lowest BCUT2D eigenvalue weighted by atomic mass is 10.1. The number of methoxy groups -OCH3 is 1. The second-order valence-corrected chi connectivity index (χ2v) is 4.64. The second kappa shape index (κ2) is 6.48. The van der Waals surface area contributed by atoms with Gasteiger partial charge in [0.15, 0.2) is 0 Å². The van der Waals surface area contributed by atoms with Crippen molar-refractivity contribution in [1.82, 2.24) is 0 Å². The van der Waals surface area contributed by atoms with E-state index in [1.807, 2.05) is 30.3 Å². The van der Waals surface area contributed by atoms with Gasteiger partial charge in [-0.25, -0.2) is 8.78 Å². The molecule has 106 valence electrons. The van der Waals surface area contributed by atoms with Crippen molar-refractivity contribution in [3.05, 3.63) is 65.2 Å². The van der Waals surface area contributed by atoms with Gasteiger partial charge >= 0.3 is 0 Å². The summed E-state index contributed by atoms with van der Waals surface area (Å²) in [6, 6.07) is 11.6. The molecule has 0 spiro atoms. The number of hydrogen-bond donors (Lipinski definition) is 1. The minimum atomic E-state index is -0.471. The van der Waals surface area contributed by atoms with Gasteiger partial charge in [-0.05, 0) is 24.1 Å². The summed E-state index contributed by atoms with van der Waals surface area (Å²) in [4.78, 5) is 0. The Morgan fingerprint density at radius 3 is 2.45 bits per heavy atom. The topological polar surface area (TPSA) is 21.3 Å². The predicted octanol–water partition coefficient (Wildman–Crippen LogP) is 4.07. The average Bonchev–Trinajstić information content (AvgIpc) is 2.45. The molecule has 0 aliphatic carbocycles. The molecule has 0 amide bonds. The smallest absolute Gasteiger partial charge is 0.146 e. The molecule has 2 aromatic rings. The SMILES string of the molecule is COCC(Nc1cc(F)c(C)cc1F)c1ccccc1. The molecule has 0 saturated heterocycles. The lowest BCUT2D eigenvalue weighted by Crippen LogP contribution is -2.17. The van der Waals surface area contributed by atoms with Crippen LogP contribution < -0.4 is 5.32 Å². The van der Waals surface area contributed by atoms with Crippen LogP contribution in [0, 0.1) is 18.6 Å². The highest BCUT2D eigenvalue weighted by molar-refractivity contribution is 5.49. The highest BCUT2D eigenvalue weighted by Gasteiger charge is 2.14. The van der Waals surface area contributed by atoms with Crippen molar-refractivity contribution in [3.63, 3.8) is 0 Å². The molecule has 2 rings (SSSR count). The molecule has 0 aromatic heterocycles. The Bertz CT molecular complexity index is 572. The zero-order valence-electron chi connectivity index (χ0n) is 11.5. The monoisotopic (exact) mass is 277 g/mol. The Balaban J connectivity index is 2.27. The Hall–Kier alpha value is -1.94. The minimum absolute atomic E-state index is 0.138. The number of nitrogens with one attached hydrogen (secondary N) is 1. The van der Waals surface area contributed by atoms with Gasteiger partial charge in [-0.2, -0.15) is 0 Å². The van der Waals surface area contributed by atoms with Crippen LogP contribution in [-0.2, 0) is 4.74 Å². The van der Waals surface area contributed by atoms with Crippen molar-refractivity contribution >= 4 is 5.69 Å². The van der Waals surface area contributed by atoms with E-state index in [0.717, 1.165) is 5.56 Å². The van der Waals surface area contributed by atoms with Crippen molar-refractivity contribution in [3.8, 4) is 0 Å². The van der Waals surface area contributed by atoms with Crippen LogP contribution >= 0.6 is 0 Å². The molecule has 0 heterocycles. The lowest BCUT2D eigenvalue weighted by molar-refractivity contribution is 0.186. The number of rotatable bonds is 5. The third-order valence-corrected chi connectivity index (χ3v) is 3.11. The number of aryl methyl sites for hydroxylation is 1. The average molecular weight is 277 g/mol. The van der Waals surface area contributed by atoms with E-state index in [1.165, 1.54) is 19.1 Å². The number of hydrogen-bond acceptors (Lipinski definition) is 2. The third kappa shape index (κ3) is 3.33. The van der Waals surface area contributed by atoms with Crippen molar-refractivity contribution in [2.75, 3.05) is 19.0 Å². The van der Waals surface area contributed by atoms with Crippen LogP contribution in [0.3, 0.4) is 0 Å². The quantitative estimate of drug-likeness (QED) is 0.889. The van der Waals surface area contributed by atoms with Crippen LogP contribution in [0.2, 0.25) is 0 Å². The van der Waals surface area contributed by atoms with Crippen LogP contribution in [0.25, 0.3) is 0 Å². The minimum Gasteiger partial charge on any atom is -0.382 e. The number of anilines is 1. The molecule has 1 N–H and O–H groups in total. The fourth-order valence-corrected chi connectivity index (χ4v) is 2.02. The summed E-state index contributed by atoms with van der Waals surface area (Å²) in [7, 11) is 1.57. The van der Waals surface area contributed by atoms with Crippen molar-refractivity contribution in [1.29, 1.82) is 0 Å². The van der Waals surface area contributed by atoms with Crippen molar-refractivity contribution in [2.45, 2.75) is 13.0 Å². The van der Waals surface area contributed by atoms with Gasteiger partial charge in [-0.3, -0.25) is 0 Å². The summed E-state index contributed by atoms with van der Waals surface area (Å²) in [5, 5.41) is 2.99. The van der Waals surface area contributed by atoms with Gasteiger partial charge in [0.1, 0.15) is 11.6 Å². The molecule has 0 aliphatic heterocycles. The maximum Gasteiger partial charge on any atom is 0.146 e. The maximum absolute atomic E-state index is 13.9. The van der Waals surface area contributed by atoms with E-state index in [9.17, 15) is 8.78 Å². The Morgan fingerprint density at radius 2 is 1.80 bits per heavy atom. The van der Waals surface area contributed by atoms with Gasteiger partial charge in [-0.15, -0.1) is 0 Å². The molecule has 0 fully saturated rings. The summed E-state index contributed by atoms with van der Waals surface area (Å²) in [5.74, 6) is -0.904. The molecule has 1 atom stereocenters. The molecule has 2 aromatic carbocycles. The molecule has 4 heteroatoms. The Kier molecular flexibility index (Phi) is 4.69. The third-order valence-electron chi connectivity index (χ3n) is 3.11. The van der Waals surface area contributed by atoms with E-state index >= 15 is 0 Å². The zero-order chi connectivity index (χ0) is 14.5. The Morgan fingerprint density at radius 1 is 1.10 bits per heavy atom. The first-order valence-electron chi connectivity index (χ1n) is 6.38. The van der Waals surface area contributed by atoms with Gasteiger partial charge in [0.2, 0.25) is 0 Å². The molecule has 20 heavy (non-hydrogen) atoms. The summed E-state index contributed by atoms with van der Waals surface area (Å²) in [6.07, 6.45) is 0. The first kappa shape index (κ1) is 14.5. The molecular formula is C16H17F2NO. The first-order chi connectivity index (χ1) is 9.61. The fraction of sp³-hybridized carbons (Fsp3) is 0.250. The standard InChI is InChI=1S/C16H17F2NO/c1-11-8-14(18)15(9-13(11)17)19-16(10-20-2)12-6-4-3-5-7-12/h3-9,16,19H,10H2,1-2H3. The molecular weight excluding hydrogens is 260 g/mol. The largest absolute Gasteiger partial charge is 0.382 e. The van der Waals surface area contributed by atoms with E-state index in [-0.39, 0.29) is 17.3 Å². The number of ether oxygens (including phenoxy) is 1. The highest BCUT2D eigenvalue weighted by atomic mass is 19.1. The van der Waals surface area contributed by atoms with Crippen molar-refractivity contribution in [2.24, 2.45) is 0 Å². The van der Waals surface area contributed by atoms with Gasteiger partial charge in [0.05, 0.1) is 18.3 Å².